The van der Waals surface area contributed by atoms with Crippen LogP contribution in [0.2, 0.25) is 0 Å². The van der Waals surface area contributed by atoms with E-state index in [2.05, 4.69) is 51.1 Å². The number of para-hydroxylation sites is 2. The molecule has 0 atom stereocenters. The molecule has 0 fully saturated rings. The third-order valence-corrected chi connectivity index (χ3v) is 5.14. The van der Waals surface area contributed by atoms with Crippen LogP contribution in [-0.4, -0.2) is 6.71 Å². The SMILES string of the molecule is CC(C)(C)c1cccc2c1Oc1cccc3c1B2c1ccccc1O3. The maximum atomic E-state index is 6.42. The molecule has 0 unspecified atom stereocenters. The molecule has 0 saturated carbocycles. The second-order valence-electron chi connectivity index (χ2n) is 7.82. The Kier molecular flexibility index (Phi) is 2.88. The number of fused-ring (bicyclic) bond motifs is 4. The fourth-order valence-electron chi connectivity index (χ4n) is 3.99. The first-order valence-electron chi connectivity index (χ1n) is 8.75. The fourth-order valence-corrected chi connectivity index (χ4v) is 3.99. The van der Waals surface area contributed by atoms with Crippen LogP contribution in [-0.2, 0) is 5.41 Å². The summed E-state index contributed by atoms with van der Waals surface area (Å²) >= 11 is 0. The molecule has 0 aromatic heterocycles. The van der Waals surface area contributed by atoms with Gasteiger partial charge >= 0.3 is 0 Å². The maximum absolute atomic E-state index is 6.42. The molecule has 0 radical (unpaired) electrons. The second-order valence-corrected chi connectivity index (χ2v) is 7.82. The molecule has 0 bridgehead atoms. The van der Waals surface area contributed by atoms with E-state index in [9.17, 15) is 0 Å². The third kappa shape index (κ3) is 2.05. The van der Waals surface area contributed by atoms with Gasteiger partial charge in [0, 0.05) is 5.46 Å². The Morgan fingerprint density at radius 1 is 0.680 bits per heavy atom. The van der Waals surface area contributed by atoms with Crippen LogP contribution in [0.3, 0.4) is 0 Å². The Morgan fingerprint density at radius 3 is 2.12 bits per heavy atom. The number of ether oxygens (including phenoxy) is 2. The highest BCUT2D eigenvalue weighted by Gasteiger charge is 2.41. The molecular weight excluding hydrogens is 307 g/mol. The van der Waals surface area contributed by atoms with Gasteiger partial charge in [0.2, 0.25) is 0 Å². The first-order valence-corrected chi connectivity index (χ1v) is 8.75. The van der Waals surface area contributed by atoms with E-state index in [-0.39, 0.29) is 12.1 Å². The molecule has 0 N–H and O–H groups in total. The van der Waals surface area contributed by atoms with Crippen LogP contribution in [0.1, 0.15) is 26.3 Å². The van der Waals surface area contributed by atoms with Crippen LogP contribution in [0.15, 0.2) is 60.7 Å². The summed E-state index contributed by atoms with van der Waals surface area (Å²) in [6, 6.07) is 20.9. The summed E-state index contributed by atoms with van der Waals surface area (Å²) in [5.74, 6) is 3.74. The van der Waals surface area contributed by atoms with Gasteiger partial charge in [-0.15, -0.1) is 0 Å². The predicted octanol–water partition coefficient (Wildman–Crippen LogP) is 3.71. The molecule has 3 heteroatoms. The van der Waals surface area contributed by atoms with Crippen molar-refractivity contribution in [3.8, 4) is 23.0 Å². The van der Waals surface area contributed by atoms with E-state index in [0.717, 1.165) is 28.5 Å². The lowest BCUT2D eigenvalue weighted by molar-refractivity contribution is 0.449. The highest BCUT2D eigenvalue weighted by atomic mass is 16.5. The fraction of sp³-hybridized carbons (Fsp3) is 0.182. The minimum Gasteiger partial charge on any atom is -0.458 e. The third-order valence-electron chi connectivity index (χ3n) is 5.14. The zero-order valence-corrected chi connectivity index (χ0v) is 14.7. The normalized spacial score (nSPS) is 14.0. The smallest absolute Gasteiger partial charge is 0.260 e. The largest absolute Gasteiger partial charge is 0.458 e. The van der Waals surface area contributed by atoms with E-state index in [4.69, 9.17) is 9.47 Å². The van der Waals surface area contributed by atoms with Crippen LogP contribution < -0.4 is 25.9 Å². The van der Waals surface area contributed by atoms with E-state index < -0.39 is 0 Å². The standard InChI is InChI=1S/C22H19BO2/c1-22(2,3)14-8-6-10-16-21(14)25-19-13-7-12-18-20(19)23(16)15-9-4-5-11-17(15)24-18/h4-13H,1-3H3. The quantitative estimate of drug-likeness (QED) is 0.404. The molecule has 0 spiro atoms. The zero-order valence-electron chi connectivity index (χ0n) is 14.7. The van der Waals surface area contributed by atoms with E-state index in [0.29, 0.717) is 0 Å². The van der Waals surface area contributed by atoms with E-state index >= 15 is 0 Å². The molecule has 0 amide bonds. The Labute approximate surface area is 148 Å². The first kappa shape index (κ1) is 14.6. The average molecular weight is 326 g/mol. The molecule has 3 aromatic rings. The van der Waals surface area contributed by atoms with Crippen molar-refractivity contribution in [1.29, 1.82) is 0 Å². The zero-order chi connectivity index (χ0) is 17.2. The van der Waals surface area contributed by atoms with Gasteiger partial charge in [0.25, 0.3) is 6.71 Å². The van der Waals surface area contributed by atoms with Crippen molar-refractivity contribution >= 4 is 23.1 Å². The lowest BCUT2D eigenvalue weighted by Gasteiger charge is -2.35. The molecule has 0 saturated heterocycles. The van der Waals surface area contributed by atoms with Gasteiger partial charge in [0.15, 0.2) is 0 Å². The number of rotatable bonds is 0. The first-order chi connectivity index (χ1) is 12.0. The summed E-state index contributed by atoms with van der Waals surface area (Å²) in [7, 11) is 0. The van der Waals surface area contributed by atoms with Crippen molar-refractivity contribution in [1.82, 2.24) is 0 Å². The Bertz CT molecular complexity index is 1000. The van der Waals surface area contributed by atoms with Crippen LogP contribution in [0.25, 0.3) is 0 Å². The van der Waals surface area contributed by atoms with Crippen molar-refractivity contribution in [3.63, 3.8) is 0 Å². The molecule has 122 valence electrons. The van der Waals surface area contributed by atoms with E-state index in [1.54, 1.807) is 0 Å². The average Bonchev–Trinajstić information content (AvgIpc) is 2.60. The molecule has 2 heterocycles. The van der Waals surface area contributed by atoms with Gasteiger partial charge in [-0.1, -0.05) is 63.2 Å². The van der Waals surface area contributed by atoms with Crippen LogP contribution in [0.4, 0.5) is 0 Å². The molecule has 2 aliphatic heterocycles. The molecule has 0 aliphatic carbocycles. The van der Waals surface area contributed by atoms with Crippen molar-refractivity contribution < 1.29 is 9.47 Å². The van der Waals surface area contributed by atoms with Crippen molar-refractivity contribution in [3.05, 3.63) is 66.2 Å². The number of benzene rings is 3. The minimum absolute atomic E-state index is 0.0190. The van der Waals surface area contributed by atoms with E-state index in [1.807, 2.05) is 30.3 Å². The maximum Gasteiger partial charge on any atom is 0.260 e. The van der Waals surface area contributed by atoms with Gasteiger partial charge in [-0.3, -0.25) is 0 Å². The van der Waals surface area contributed by atoms with Crippen molar-refractivity contribution in [2.45, 2.75) is 26.2 Å². The molecule has 3 aromatic carbocycles. The molecule has 2 nitrogen and oxygen atoms in total. The second kappa shape index (κ2) is 4.92. The molecule has 2 aliphatic rings. The summed E-state index contributed by atoms with van der Waals surface area (Å²) in [6.45, 7) is 6.85. The van der Waals surface area contributed by atoms with E-state index in [1.165, 1.54) is 16.5 Å². The van der Waals surface area contributed by atoms with Gasteiger partial charge in [-0.2, -0.15) is 0 Å². The molecule has 25 heavy (non-hydrogen) atoms. The van der Waals surface area contributed by atoms with Crippen molar-refractivity contribution in [2.75, 3.05) is 0 Å². The summed E-state index contributed by atoms with van der Waals surface area (Å²) < 4.78 is 12.6. The number of hydrogen-bond acceptors (Lipinski definition) is 2. The topological polar surface area (TPSA) is 18.5 Å². The Balaban J connectivity index is 1.84. The van der Waals surface area contributed by atoms with Gasteiger partial charge in [0.05, 0.1) is 0 Å². The summed E-state index contributed by atoms with van der Waals surface area (Å²) in [4.78, 5) is 0. The van der Waals surface area contributed by atoms with Crippen molar-refractivity contribution in [2.24, 2.45) is 0 Å². The number of hydrogen-bond donors (Lipinski definition) is 0. The lowest BCUT2D eigenvalue weighted by atomic mass is 9.34. The Hall–Kier alpha value is -2.68. The van der Waals surface area contributed by atoms with Crippen LogP contribution in [0, 0.1) is 0 Å². The summed E-state index contributed by atoms with van der Waals surface area (Å²) in [6.07, 6.45) is 0. The molecule has 5 rings (SSSR count). The monoisotopic (exact) mass is 326 g/mol. The summed E-state index contributed by atoms with van der Waals surface area (Å²) in [5.41, 5.74) is 4.83. The predicted molar refractivity (Wildman–Crippen MR) is 103 cm³/mol. The highest BCUT2D eigenvalue weighted by molar-refractivity contribution is 6.98. The van der Waals surface area contributed by atoms with Crippen LogP contribution >= 0.6 is 0 Å². The Morgan fingerprint density at radius 2 is 1.32 bits per heavy atom. The van der Waals surface area contributed by atoms with Crippen LogP contribution in [0.5, 0.6) is 23.0 Å². The van der Waals surface area contributed by atoms with Gasteiger partial charge in [0.1, 0.15) is 23.0 Å². The summed E-state index contributed by atoms with van der Waals surface area (Å²) in [5, 5.41) is 0. The van der Waals surface area contributed by atoms with Gasteiger partial charge in [-0.05, 0) is 40.1 Å². The van der Waals surface area contributed by atoms with Gasteiger partial charge in [-0.25, -0.2) is 0 Å². The minimum atomic E-state index is 0.0190. The lowest BCUT2D eigenvalue weighted by Crippen LogP contribution is -2.57. The highest BCUT2D eigenvalue weighted by Crippen LogP contribution is 2.38. The molecular formula is C22H19BO2. The van der Waals surface area contributed by atoms with Gasteiger partial charge < -0.3 is 9.47 Å².